The number of nitrogens with zero attached hydrogens (tertiary/aromatic N) is 1. The normalized spacial score (nSPS) is 21.5. The van der Waals surface area contributed by atoms with Crippen LogP contribution in [-0.4, -0.2) is 45.6 Å². The molecule has 1 fully saturated rings. The number of carbonyl (C=O) groups is 1. The molecule has 2 rings (SSSR count). The first-order chi connectivity index (χ1) is 10.4. The summed E-state index contributed by atoms with van der Waals surface area (Å²) in [6.45, 7) is 4.75. The molecule has 0 N–H and O–H groups in total. The lowest BCUT2D eigenvalue weighted by atomic mass is 9.72. The number of Topliss-reactive ketones (excluding diaryl/α,β-unsaturated/α-hetero) is 1. The molecule has 1 heterocycles. The van der Waals surface area contributed by atoms with E-state index in [0.717, 1.165) is 12.1 Å². The Morgan fingerprint density at radius 3 is 2.09 bits per heavy atom. The van der Waals surface area contributed by atoms with Crippen LogP contribution in [0.25, 0.3) is 0 Å². The monoisotopic (exact) mass is 307 g/mol. The Labute approximate surface area is 132 Å². The molecule has 0 aromatic heterocycles. The molecule has 122 valence electrons. The minimum Gasteiger partial charge on any atom is -0.493 e. The number of ether oxygens (including phenoxy) is 3. The van der Waals surface area contributed by atoms with Gasteiger partial charge in [0.2, 0.25) is 5.75 Å². The number of methoxy groups -OCH3 is 3. The molecule has 1 aliphatic rings. The Bertz CT molecular complexity index is 543. The lowest BCUT2D eigenvalue weighted by Gasteiger charge is -2.44. The Morgan fingerprint density at radius 1 is 1.09 bits per heavy atom. The van der Waals surface area contributed by atoms with Gasteiger partial charge in [0, 0.05) is 24.4 Å². The lowest BCUT2D eigenvalue weighted by molar-refractivity contribution is -0.135. The number of hydrogen-bond acceptors (Lipinski definition) is 5. The zero-order valence-corrected chi connectivity index (χ0v) is 14.2. The fourth-order valence-electron chi connectivity index (χ4n) is 3.36. The van der Waals surface area contributed by atoms with E-state index in [4.69, 9.17) is 14.2 Å². The molecule has 22 heavy (non-hydrogen) atoms. The van der Waals surface area contributed by atoms with Crippen LogP contribution in [0.1, 0.15) is 31.9 Å². The van der Waals surface area contributed by atoms with Gasteiger partial charge in [-0.15, -0.1) is 0 Å². The van der Waals surface area contributed by atoms with Crippen molar-refractivity contribution in [2.75, 3.05) is 34.9 Å². The predicted molar refractivity (Wildman–Crippen MR) is 84.9 cm³/mol. The molecule has 0 bridgehead atoms. The predicted octanol–water partition coefficient (Wildman–Crippen LogP) is 2.68. The van der Waals surface area contributed by atoms with Gasteiger partial charge in [0.05, 0.1) is 21.3 Å². The molecule has 0 unspecified atom stereocenters. The Kier molecular flexibility index (Phi) is 4.66. The van der Waals surface area contributed by atoms with Crippen molar-refractivity contribution in [3.8, 4) is 17.2 Å². The van der Waals surface area contributed by atoms with E-state index in [9.17, 15) is 4.79 Å². The first kappa shape index (κ1) is 16.6. The van der Waals surface area contributed by atoms with Crippen LogP contribution in [0.5, 0.6) is 17.2 Å². The standard InChI is InChI=1S/C17H25NO4/c1-17(2)14(19)7-8-18(3)16(17)11-9-12(20-4)15(22-6)13(10-11)21-5/h9-10,16H,7-8H2,1-6H3/t16-/m1/s1. The Hall–Kier alpha value is -1.75. The number of hydrogen-bond donors (Lipinski definition) is 0. The van der Waals surface area contributed by atoms with E-state index in [1.165, 1.54) is 0 Å². The Morgan fingerprint density at radius 2 is 1.64 bits per heavy atom. The van der Waals surface area contributed by atoms with E-state index in [0.29, 0.717) is 23.7 Å². The van der Waals surface area contributed by atoms with E-state index in [-0.39, 0.29) is 11.8 Å². The first-order valence-corrected chi connectivity index (χ1v) is 7.40. The quantitative estimate of drug-likeness (QED) is 0.856. The van der Waals surface area contributed by atoms with Gasteiger partial charge >= 0.3 is 0 Å². The summed E-state index contributed by atoms with van der Waals surface area (Å²) in [6.07, 6.45) is 0.588. The van der Waals surface area contributed by atoms with Crippen molar-refractivity contribution in [2.45, 2.75) is 26.3 Å². The van der Waals surface area contributed by atoms with Gasteiger partial charge in [0.25, 0.3) is 0 Å². The highest BCUT2D eigenvalue weighted by atomic mass is 16.5. The fraction of sp³-hybridized carbons (Fsp3) is 0.588. The molecule has 1 saturated heterocycles. The molecule has 1 aliphatic heterocycles. The van der Waals surface area contributed by atoms with E-state index < -0.39 is 5.41 Å². The smallest absolute Gasteiger partial charge is 0.203 e. The molecule has 0 amide bonds. The summed E-state index contributed by atoms with van der Waals surface area (Å²) >= 11 is 0. The lowest BCUT2D eigenvalue weighted by Crippen LogP contribution is -2.47. The fourth-order valence-corrected chi connectivity index (χ4v) is 3.36. The highest BCUT2D eigenvalue weighted by molar-refractivity contribution is 5.86. The molecule has 1 aromatic rings. The zero-order chi connectivity index (χ0) is 16.5. The van der Waals surface area contributed by atoms with Gasteiger partial charge in [-0.3, -0.25) is 9.69 Å². The van der Waals surface area contributed by atoms with Crippen LogP contribution in [0, 0.1) is 5.41 Å². The summed E-state index contributed by atoms with van der Waals surface area (Å²) in [4.78, 5) is 14.6. The summed E-state index contributed by atoms with van der Waals surface area (Å²) < 4.78 is 16.2. The molecule has 1 aromatic carbocycles. The van der Waals surface area contributed by atoms with E-state index in [2.05, 4.69) is 4.90 Å². The van der Waals surface area contributed by atoms with Crippen molar-refractivity contribution < 1.29 is 19.0 Å². The second-order valence-corrected chi connectivity index (χ2v) is 6.24. The number of carbonyl (C=O) groups excluding carboxylic acids is 1. The first-order valence-electron chi connectivity index (χ1n) is 7.40. The van der Waals surface area contributed by atoms with Crippen LogP contribution >= 0.6 is 0 Å². The summed E-state index contributed by atoms with van der Waals surface area (Å²) in [5.74, 6) is 2.07. The van der Waals surface area contributed by atoms with Crippen molar-refractivity contribution in [3.63, 3.8) is 0 Å². The number of piperidine rings is 1. The third kappa shape index (κ3) is 2.65. The molecule has 0 spiro atoms. The summed E-state index contributed by atoms with van der Waals surface area (Å²) in [5.41, 5.74) is 0.535. The molecule has 0 saturated carbocycles. The molecule has 5 nitrogen and oxygen atoms in total. The topological polar surface area (TPSA) is 48.0 Å². The highest BCUT2D eigenvalue weighted by Gasteiger charge is 2.43. The molecule has 1 atom stereocenters. The minimum absolute atomic E-state index is 0.0255. The van der Waals surface area contributed by atoms with E-state index in [1.54, 1.807) is 21.3 Å². The number of rotatable bonds is 4. The molecule has 5 heteroatoms. The van der Waals surface area contributed by atoms with Crippen molar-refractivity contribution in [1.82, 2.24) is 4.90 Å². The molecule has 0 aliphatic carbocycles. The number of likely N-dealkylation sites (tertiary alicyclic amines) is 1. The SMILES string of the molecule is COc1cc([C@H]2N(C)CCC(=O)C2(C)C)cc(OC)c1OC. The Balaban J connectivity index is 2.57. The van der Waals surface area contributed by atoms with Crippen molar-refractivity contribution in [3.05, 3.63) is 17.7 Å². The van der Waals surface area contributed by atoms with Gasteiger partial charge in [0.1, 0.15) is 5.78 Å². The van der Waals surface area contributed by atoms with Crippen LogP contribution in [-0.2, 0) is 4.79 Å². The maximum absolute atomic E-state index is 12.4. The van der Waals surface area contributed by atoms with Crippen LogP contribution in [0.3, 0.4) is 0 Å². The maximum atomic E-state index is 12.4. The third-order valence-electron chi connectivity index (χ3n) is 4.54. The number of benzene rings is 1. The average molecular weight is 307 g/mol. The van der Waals surface area contributed by atoms with Crippen LogP contribution in [0.4, 0.5) is 0 Å². The van der Waals surface area contributed by atoms with E-state index >= 15 is 0 Å². The largest absolute Gasteiger partial charge is 0.493 e. The van der Waals surface area contributed by atoms with Crippen LogP contribution in [0.2, 0.25) is 0 Å². The second kappa shape index (κ2) is 6.16. The van der Waals surface area contributed by atoms with Crippen molar-refractivity contribution in [1.29, 1.82) is 0 Å². The van der Waals surface area contributed by atoms with Crippen LogP contribution in [0.15, 0.2) is 12.1 Å². The number of ketones is 1. The highest BCUT2D eigenvalue weighted by Crippen LogP contribution is 2.47. The maximum Gasteiger partial charge on any atom is 0.203 e. The average Bonchev–Trinajstić information content (AvgIpc) is 2.50. The second-order valence-electron chi connectivity index (χ2n) is 6.24. The van der Waals surface area contributed by atoms with Gasteiger partial charge in [0.15, 0.2) is 11.5 Å². The molecular weight excluding hydrogens is 282 g/mol. The van der Waals surface area contributed by atoms with Crippen molar-refractivity contribution >= 4 is 5.78 Å². The van der Waals surface area contributed by atoms with Gasteiger partial charge in [-0.2, -0.15) is 0 Å². The summed E-state index contributed by atoms with van der Waals surface area (Å²) in [7, 11) is 6.83. The molecular formula is C17H25NO4. The van der Waals surface area contributed by atoms with Gasteiger partial charge in [-0.1, -0.05) is 13.8 Å². The van der Waals surface area contributed by atoms with Crippen molar-refractivity contribution in [2.24, 2.45) is 5.41 Å². The van der Waals surface area contributed by atoms with Gasteiger partial charge in [-0.25, -0.2) is 0 Å². The van der Waals surface area contributed by atoms with Crippen LogP contribution < -0.4 is 14.2 Å². The van der Waals surface area contributed by atoms with Gasteiger partial charge < -0.3 is 14.2 Å². The summed E-state index contributed by atoms with van der Waals surface area (Å²) in [6, 6.07) is 3.84. The van der Waals surface area contributed by atoms with E-state index in [1.807, 2.05) is 33.0 Å². The zero-order valence-electron chi connectivity index (χ0n) is 14.2. The summed E-state index contributed by atoms with van der Waals surface area (Å²) in [5, 5.41) is 0. The third-order valence-corrected chi connectivity index (χ3v) is 4.54. The molecule has 0 radical (unpaired) electrons. The minimum atomic E-state index is -0.461. The van der Waals surface area contributed by atoms with Gasteiger partial charge in [-0.05, 0) is 24.7 Å².